The van der Waals surface area contributed by atoms with Crippen LogP contribution in [0.15, 0.2) is 30.5 Å². The van der Waals surface area contributed by atoms with Crippen LogP contribution < -0.4 is 5.32 Å². The number of aliphatic hydroxyl groups is 1. The second kappa shape index (κ2) is 5.89. The van der Waals surface area contributed by atoms with Gasteiger partial charge in [-0.3, -0.25) is 4.79 Å². The summed E-state index contributed by atoms with van der Waals surface area (Å²) in [5.41, 5.74) is 2.17. The van der Waals surface area contributed by atoms with E-state index in [4.69, 9.17) is 5.11 Å². The summed E-state index contributed by atoms with van der Waals surface area (Å²) in [6.07, 6.45) is 2.96. The van der Waals surface area contributed by atoms with Crippen molar-refractivity contribution in [1.82, 2.24) is 9.88 Å². The molecule has 0 aliphatic heterocycles. The van der Waals surface area contributed by atoms with Crippen molar-refractivity contribution in [2.45, 2.75) is 25.8 Å². The van der Waals surface area contributed by atoms with Crippen LogP contribution in [0, 0.1) is 0 Å². The first-order valence-corrected chi connectivity index (χ1v) is 6.55. The van der Waals surface area contributed by atoms with Gasteiger partial charge in [0.25, 0.3) is 0 Å². The van der Waals surface area contributed by atoms with E-state index in [-0.39, 0.29) is 18.6 Å². The Morgan fingerprint density at radius 2 is 2.16 bits per heavy atom. The molecule has 1 atom stereocenters. The molecule has 4 nitrogen and oxygen atoms in total. The largest absolute Gasteiger partial charge is 0.396 e. The molecule has 19 heavy (non-hydrogen) atoms. The lowest BCUT2D eigenvalue weighted by molar-refractivity contribution is -0.121. The Labute approximate surface area is 113 Å². The van der Waals surface area contributed by atoms with E-state index in [2.05, 4.69) is 5.32 Å². The maximum atomic E-state index is 11.9. The zero-order valence-electron chi connectivity index (χ0n) is 11.4. The highest BCUT2D eigenvalue weighted by atomic mass is 16.3. The number of para-hydroxylation sites is 1. The summed E-state index contributed by atoms with van der Waals surface area (Å²) >= 11 is 0. The van der Waals surface area contributed by atoms with Crippen LogP contribution >= 0.6 is 0 Å². The van der Waals surface area contributed by atoms with Gasteiger partial charge in [-0.1, -0.05) is 18.2 Å². The normalized spacial score (nSPS) is 12.6. The van der Waals surface area contributed by atoms with Crippen molar-refractivity contribution in [3.05, 3.63) is 36.0 Å². The first-order chi connectivity index (χ1) is 9.11. The van der Waals surface area contributed by atoms with Crippen molar-refractivity contribution < 1.29 is 9.90 Å². The van der Waals surface area contributed by atoms with Gasteiger partial charge in [0.1, 0.15) is 0 Å². The number of aliphatic hydroxyl groups excluding tert-OH is 1. The minimum Gasteiger partial charge on any atom is -0.396 e. The van der Waals surface area contributed by atoms with Crippen LogP contribution in [0.5, 0.6) is 0 Å². The fraction of sp³-hybridized carbons (Fsp3) is 0.400. The van der Waals surface area contributed by atoms with E-state index in [1.807, 2.05) is 49.0 Å². The summed E-state index contributed by atoms with van der Waals surface area (Å²) in [5.74, 6) is -0.00250. The van der Waals surface area contributed by atoms with E-state index in [1.165, 1.54) is 0 Å². The monoisotopic (exact) mass is 260 g/mol. The molecular weight excluding hydrogens is 240 g/mol. The second-order valence-electron chi connectivity index (χ2n) is 4.94. The predicted molar refractivity (Wildman–Crippen MR) is 75.9 cm³/mol. The van der Waals surface area contributed by atoms with Gasteiger partial charge in [-0.2, -0.15) is 0 Å². The Hall–Kier alpha value is -1.81. The van der Waals surface area contributed by atoms with Gasteiger partial charge in [0.05, 0.1) is 6.42 Å². The zero-order chi connectivity index (χ0) is 13.8. The van der Waals surface area contributed by atoms with Gasteiger partial charge in [-0.25, -0.2) is 0 Å². The molecule has 2 rings (SSSR count). The van der Waals surface area contributed by atoms with Crippen LogP contribution in [-0.4, -0.2) is 28.2 Å². The van der Waals surface area contributed by atoms with Gasteiger partial charge in [0, 0.05) is 36.8 Å². The number of aryl methyl sites for hydroxylation is 1. The quantitative estimate of drug-likeness (QED) is 0.858. The summed E-state index contributed by atoms with van der Waals surface area (Å²) in [7, 11) is 1.98. The third-order valence-corrected chi connectivity index (χ3v) is 3.30. The molecule has 0 fully saturated rings. The Morgan fingerprint density at radius 1 is 1.42 bits per heavy atom. The number of amides is 1. The Balaban J connectivity index is 2.11. The predicted octanol–water partition coefficient (Wildman–Crippen LogP) is 1.61. The molecule has 1 aromatic heterocycles. The maximum absolute atomic E-state index is 11.9. The van der Waals surface area contributed by atoms with E-state index < -0.39 is 0 Å². The molecule has 1 heterocycles. The van der Waals surface area contributed by atoms with Crippen LogP contribution in [0.25, 0.3) is 10.9 Å². The molecule has 1 aromatic carbocycles. The minimum absolute atomic E-state index is 0.00250. The average molecular weight is 260 g/mol. The van der Waals surface area contributed by atoms with Crippen LogP contribution in [0.4, 0.5) is 0 Å². The molecule has 0 aliphatic carbocycles. The van der Waals surface area contributed by atoms with Crippen molar-refractivity contribution in [1.29, 1.82) is 0 Å². The van der Waals surface area contributed by atoms with Gasteiger partial charge in [-0.05, 0) is 25.0 Å². The van der Waals surface area contributed by atoms with Crippen molar-refractivity contribution in [3.63, 3.8) is 0 Å². The number of aromatic nitrogens is 1. The number of hydrogen-bond acceptors (Lipinski definition) is 2. The molecule has 0 radical (unpaired) electrons. The molecule has 2 N–H and O–H groups in total. The SMILES string of the molecule is CC(CCO)NC(=O)Cc1cn(C)c2ccccc12. The number of nitrogens with zero attached hydrogens (tertiary/aromatic N) is 1. The number of fused-ring (bicyclic) bond motifs is 1. The summed E-state index contributed by atoms with van der Waals surface area (Å²) in [4.78, 5) is 11.9. The van der Waals surface area contributed by atoms with E-state index >= 15 is 0 Å². The molecular formula is C15H20N2O2. The molecule has 0 saturated heterocycles. The van der Waals surface area contributed by atoms with Crippen molar-refractivity contribution >= 4 is 16.8 Å². The van der Waals surface area contributed by atoms with Crippen molar-refractivity contribution in [2.75, 3.05) is 6.61 Å². The highest BCUT2D eigenvalue weighted by Crippen LogP contribution is 2.20. The van der Waals surface area contributed by atoms with E-state index in [0.717, 1.165) is 16.5 Å². The van der Waals surface area contributed by atoms with Gasteiger partial charge in [0.2, 0.25) is 5.91 Å². The van der Waals surface area contributed by atoms with Gasteiger partial charge < -0.3 is 15.0 Å². The fourth-order valence-corrected chi connectivity index (χ4v) is 2.33. The van der Waals surface area contributed by atoms with Crippen molar-refractivity contribution in [2.24, 2.45) is 7.05 Å². The molecule has 0 spiro atoms. The van der Waals surface area contributed by atoms with Crippen LogP contribution in [0.3, 0.4) is 0 Å². The fourth-order valence-electron chi connectivity index (χ4n) is 2.33. The van der Waals surface area contributed by atoms with Crippen molar-refractivity contribution in [3.8, 4) is 0 Å². The molecule has 1 unspecified atom stereocenters. The maximum Gasteiger partial charge on any atom is 0.224 e. The average Bonchev–Trinajstić information content (AvgIpc) is 2.67. The van der Waals surface area contributed by atoms with Crippen LogP contribution in [0.2, 0.25) is 0 Å². The molecule has 2 aromatic rings. The molecule has 4 heteroatoms. The highest BCUT2D eigenvalue weighted by Gasteiger charge is 2.12. The first-order valence-electron chi connectivity index (χ1n) is 6.55. The van der Waals surface area contributed by atoms with Crippen LogP contribution in [0.1, 0.15) is 18.9 Å². The Morgan fingerprint density at radius 3 is 2.89 bits per heavy atom. The van der Waals surface area contributed by atoms with Crippen LogP contribution in [-0.2, 0) is 18.3 Å². The number of nitrogens with one attached hydrogen (secondary N) is 1. The molecule has 102 valence electrons. The summed E-state index contributed by atoms with van der Waals surface area (Å²) < 4.78 is 2.04. The van der Waals surface area contributed by atoms with Gasteiger partial charge in [0.15, 0.2) is 0 Å². The molecule has 1 amide bonds. The van der Waals surface area contributed by atoms with E-state index in [0.29, 0.717) is 12.8 Å². The topological polar surface area (TPSA) is 54.3 Å². The third-order valence-electron chi connectivity index (χ3n) is 3.30. The highest BCUT2D eigenvalue weighted by molar-refractivity contribution is 5.89. The number of hydrogen-bond donors (Lipinski definition) is 2. The molecule has 0 aliphatic rings. The molecule has 0 bridgehead atoms. The lowest BCUT2D eigenvalue weighted by Crippen LogP contribution is -2.34. The van der Waals surface area contributed by atoms with Gasteiger partial charge in [-0.15, -0.1) is 0 Å². The van der Waals surface area contributed by atoms with E-state index in [1.54, 1.807) is 0 Å². The summed E-state index contributed by atoms with van der Waals surface area (Å²) in [6.45, 7) is 1.99. The Bertz CT molecular complexity index is 575. The smallest absolute Gasteiger partial charge is 0.224 e. The van der Waals surface area contributed by atoms with Gasteiger partial charge >= 0.3 is 0 Å². The first kappa shape index (κ1) is 13.6. The number of carbonyl (C=O) groups excluding carboxylic acids is 1. The lowest BCUT2D eigenvalue weighted by atomic mass is 10.1. The summed E-state index contributed by atoms with van der Waals surface area (Å²) in [5, 5.41) is 12.8. The molecule has 0 saturated carbocycles. The number of carbonyl (C=O) groups is 1. The third kappa shape index (κ3) is 3.15. The Kier molecular flexibility index (Phi) is 4.22. The number of benzene rings is 1. The second-order valence-corrected chi connectivity index (χ2v) is 4.94. The van der Waals surface area contributed by atoms with E-state index in [9.17, 15) is 4.79 Å². The lowest BCUT2D eigenvalue weighted by Gasteiger charge is -2.11. The standard InChI is InChI=1S/C15H20N2O2/c1-11(7-8-18)16-15(19)9-12-10-17(2)14-6-4-3-5-13(12)14/h3-6,10-11,18H,7-9H2,1-2H3,(H,16,19). The minimum atomic E-state index is -0.00250. The summed E-state index contributed by atoms with van der Waals surface area (Å²) in [6, 6.07) is 8.07. The number of rotatable bonds is 5. The zero-order valence-corrected chi connectivity index (χ0v) is 11.4.